The van der Waals surface area contributed by atoms with E-state index in [2.05, 4.69) is 0 Å². The Labute approximate surface area is 159 Å². The Kier molecular flexibility index (Phi) is 6.95. The molecular formula is C10H7F17O3Si. The highest BCUT2D eigenvalue weighted by Gasteiger charge is 2.96. The van der Waals surface area contributed by atoms with Gasteiger partial charge in [0.2, 0.25) is 0 Å². The molecule has 3 nitrogen and oxygen atoms in total. The Morgan fingerprint density at radius 3 is 0.935 bits per heavy atom. The molecule has 0 rings (SSSR count). The average molecular weight is 526 g/mol. The van der Waals surface area contributed by atoms with Crippen molar-refractivity contribution >= 4 is 8.80 Å². The molecule has 0 amide bonds. The molecule has 0 saturated carbocycles. The highest BCUT2D eigenvalue weighted by molar-refractivity contribution is 6.59. The van der Waals surface area contributed by atoms with Crippen LogP contribution in [0.3, 0.4) is 0 Å². The number of hydrogen-bond acceptors (Lipinski definition) is 3. The minimum Gasteiger partial charge on any atom is -0.386 e. The molecule has 0 fully saturated rings. The maximum Gasteiger partial charge on any atom is 0.574 e. The van der Waals surface area contributed by atoms with Gasteiger partial charge in [-0.25, -0.2) is 4.39 Å². The molecule has 1 unspecified atom stereocenters. The second-order valence-corrected chi connectivity index (χ2v) is 7.79. The molecule has 0 aromatic heterocycles. The first-order valence-corrected chi connectivity index (χ1v) is 8.62. The van der Waals surface area contributed by atoms with E-state index in [4.69, 9.17) is 14.4 Å². The molecule has 21 heteroatoms. The van der Waals surface area contributed by atoms with Gasteiger partial charge in [0.05, 0.1) is 0 Å². The summed E-state index contributed by atoms with van der Waals surface area (Å²) in [6.07, 6.45) is -4.56. The van der Waals surface area contributed by atoms with Crippen LogP contribution in [0.15, 0.2) is 0 Å². The van der Waals surface area contributed by atoms with E-state index in [0.717, 1.165) is 0 Å². The zero-order valence-corrected chi connectivity index (χ0v) is 14.8. The zero-order valence-electron chi connectivity index (χ0n) is 13.8. The van der Waals surface area contributed by atoms with E-state index in [0.29, 0.717) is 0 Å². The van der Waals surface area contributed by atoms with Crippen molar-refractivity contribution < 1.29 is 89.0 Å². The summed E-state index contributed by atoms with van der Waals surface area (Å²) in [5, 5.41) is 0. The fourth-order valence-corrected chi connectivity index (χ4v) is 2.23. The van der Waals surface area contributed by atoms with Crippen LogP contribution in [0.25, 0.3) is 0 Å². The molecule has 0 aliphatic rings. The molecule has 0 aliphatic carbocycles. The molecule has 0 saturated heterocycles. The number of halogens is 17. The van der Waals surface area contributed by atoms with Gasteiger partial charge in [-0.05, 0) is 6.92 Å². The first-order valence-electron chi connectivity index (χ1n) is 6.78. The lowest BCUT2D eigenvalue weighted by Crippen LogP contribution is -2.78. The highest BCUT2D eigenvalue weighted by Crippen LogP contribution is 2.64. The summed E-state index contributed by atoms with van der Waals surface area (Å²) in [5.74, 6) is -58.1. The van der Waals surface area contributed by atoms with E-state index in [1.807, 2.05) is 0 Å². The largest absolute Gasteiger partial charge is 0.574 e. The molecule has 0 aliphatic heterocycles. The van der Waals surface area contributed by atoms with Crippen LogP contribution < -0.4 is 0 Å². The third-order valence-electron chi connectivity index (χ3n) is 3.71. The van der Waals surface area contributed by atoms with Crippen molar-refractivity contribution in [2.75, 3.05) is 0 Å². The SMILES string of the molecule is CC(F)C(F)(F)C(F)(F)C(F)(F)C(F)(F)C(F)(F)C(F)(F)C(F)(F)C(F)(F)[Si](O)(O)O. The summed E-state index contributed by atoms with van der Waals surface area (Å²) in [7, 11) is -8.04. The molecule has 0 heterocycles. The van der Waals surface area contributed by atoms with Crippen LogP contribution in [-0.4, -0.2) is 76.4 Å². The highest BCUT2D eigenvalue weighted by atomic mass is 28.4. The van der Waals surface area contributed by atoms with E-state index in [1.54, 1.807) is 0 Å². The van der Waals surface area contributed by atoms with Crippen LogP contribution in [0, 0.1) is 0 Å². The van der Waals surface area contributed by atoms with E-state index in [-0.39, 0.29) is 0 Å². The first-order chi connectivity index (χ1) is 12.9. The lowest BCUT2D eigenvalue weighted by atomic mass is 9.88. The van der Waals surface area contributed by atoms with Crippen LogP contribution in [0.5, 0.6) is 0 Å². The van der Waals surface area contributed by atoms with Gasteiger partial charge in [-0.2, -0.15) is 70.2 Å². The third kappa shape index (κ3) is 3.54. The maximum atomic E-state index is 13.3. The summed E-state index contributed by atoms with van der Waals surface area (Å²) in [6.45, 7) is -0.711. The number of rotatable bonds is 9. The Morgan fingerprint density at radius 2 is 0.710 bits per heavy atom. The Hall–Kier alpha value is -1.09. The standard InChI is InChI=1S/C10H7F17O3Si/c1-2(11)3(12,13)4(14,15)5(16,17)6(18,19)7(20,21)8(22,23)9(24,25)10(26,27)31(28,29)30/h2,28-30H,1H3. The van der Waals surface area contributed by atoms with E-state index < -0.39 is 68.9 Å². The van der Waals surface area contributed by atoms with Gasteiger partial charge in [0, 0.05) is 0 Å². The van der Waals surface area contributed by atoms with Crippen LogP contribution in [0.4, 0.5) is 74.6 Å². The van der Waals surface area contributed by atoms with E-state index in [9.17, 15) is 74.6 Å². The predicted molar refractivity (Wildman–Crippen MR) is 62.6 cm³/mol. The van der Waals surface area contributed by atoms with Crippen molar-refractivity contribution in [2.45, 2.75) is 60.1 Å². The lowest BCUT2D eigenvalue weighted by molar-refractivity contribution is -0.452. The smallest absolute Gasteiger partial charge is 0.386 e. The van der Waals surface area contributed by atoms with Gasteiger partial charge in [0.15, 0.2) is 6.17 Å². The van der Waals surface area contributed by atoms with Gasteiger partial charge in [-0.3, -0.25) is 0 Å². The predicted octanol–water partition coefficient (Wildman–Crippen LogP) is 3.88. The summed E-state index contributed by atoms with van der Waals surface area (Å²) in [4.78, 5) is 24.0. The quantitative estimate of drug-likeness (QED) is 0.316. The molecule has 1 atom stereocenters. The van der Waals surface area contributed by atoms with Gasteiger partial charge >= 0.3 is 55.8 Å². The van der Waals surface area contributed by atoms with Crippen LogP contribution in [0.2, 0.25) is 0 Å². The van der Waals surface area contributed by atoms with Crippen LogP contribution in [-0.2, 0) is 0 Å². The summed E-state index contributed by atoms with van der Waals surface area (Å²) < 4.78 is 223. The van der Waals surface area contributed by atoms with Gasteiger partial charge in [0.25, 0.3) is 0 Å². The third-order valence-corrected chi connectivity index (χ3v) is 4.86. The van der Waals surface area contributed by atoms with Crippen molar-refractivity contribution in [3.05, 3.63) is 0 Å². The van der Waals surface area contributed by atoms with Crippen LogP contribution in [0.1, 0.15) is 6.92 Å². The molecule has 0 aromatic carbocycles. The van der Waals surface area contributed by atoms with Crippen LogP contribution >= 0.6 is 0 Å². The maximum absolute atomic E-state index is 13.3. The fourth-order valence-electron chi connectivity index (χ4n) is 1.66. The molecular weight excluding hydrogens is 519 g/mol. The Morgan fingerprint density at radius 1 is 0.484 bits per heavy atom. The topological polar surface area (TPSA) is 60.7 Å². The number of hydrogen-bond donors (Lipinski definition) is 3. The second kappa shape index (κ2) is 7.20. The van der Waals surface area contributed by atoms with Crippen molar-refractivity contribution in [3.8, 4) is 0 Å². The monoisotopic (exact) mass is 526 g/mol. The van der Waals surface area contributed by atoms with Gasteiger partial charge in [0.1, 0.15) is 0 Å². The average Bonchev–Trinajstić information content (AvgIpc) is 2.52. The normalized spacial score (nSPS) is 17.7. The molecule has 31 heavy (non-hydrogen) atoms. The fraction of sp³-hybridized carbons (Fsp3) is 1.00. The molecule has 0 radical (unpaired) electrons. The van der Waals surface area contributed by atoms with Gasteiger partial charge < -0.3 is 14.4 Å². The summed E-state index contributed by atoms with van der Waals surface area (Å²) >= 11 is 0. The van der Waals surface area contributed by atoms with Gasteiger partial charge in [-0.1, -0.05) is 0 Å². The lowest BCUT2D eigenvalue weighted by Gasteiger charge is -2.44. The zero-order chi connectivity index (χ0) is 26.1. The van der Waals surface area contributed by atoms with E-state index >= 15 is 0 Å². The van der Waals surface area contributed by atoms with Crippen molar-refractivity contribution in [1.29, 1.82) is 0 Å². The molecule has 188 valence electrons. The van der Waals surface area contributed by atoms with E-state index in [1.165, 1.54) is 0 Å². The summed E-state index contributed by atoms with van der Waals surface area (Å²) in [6, 6.07) is 0. The Balaban J connectivity index is 6.91. The number of alkyl halides is 17. The first kappa shape index (κ1) is 29.9. The van der Waals surface area contributed by atoms with Crippen molar-refractivity contribution in [1.82, 2.24) is 0 Å². The molecule has 0 spiro atoms. The Bertz CT molecular complexity index is 668. The summed E-state index contributed by atoms with van der Waals surface area (Å²) in [5.41, 5.74) is -7.56. The second-order valence-electron chi connectivity index (χ2n) is 5.90. The minimum atomic E-state index is -8.80. The molecule has 0 bridgehead atoms. The van der Waals surface area contributed by atoms with Gasteiger partial charge in [-0.15, -0.1) is 0 Å². The van der Waals surface area contributed by atoms with Crippen molar-refractivity contribution in [3.63, 3.8) is 0 Å². The molecule has 0 aromatic rings. The molecule has 3 N–H and O–H groups in total. The minimum absolute atomic E-state index is 0.711. The van der Waals surface area contributed by atoms with Crippen molar-refractivity contribution in [2.24, 2.45) is 0 Å².